The van der Waals surface area contributed by atoms with E-state index < -0.39 is 0 Å². The van der Waals surface area contributed by atoms with Gasteiger partial charge in [-0.3, -0.25) is 5.32 Å². The zero-order valence-electron chi connectivity index (χ0n) is 11.4. The normalized spacial score (nSPS) is 27.1. The second kappa shape index (κ2) is 4.62. The number of rotatable bonds is 2. The van der Waals surface area contributed by atoms with Crippen molar-refractivity contribution in [3.05, 3.63) is 65.2 Å². The Labute approximate surface area is 118 Å². The maximum absolute atomic E-state index is 6.18. The minimum absolute atomic E-state index is 0.0238. The lowest BCUT2D eigenvalue weighted by Crippen LogP contribution is -2.19. The molecular formula is C17H17NO2. The first-order valence-electron chi connectivity index (χ1n) is 6.98. The summed E-state index contributed by atoms with van der Waals surface area (Å²) in [5.74, 6) is 0.872. The van der Waals surface area contributed by atoms with Gasteiger partial charge in [0.25, 0.3) is 0 Å². The van der Waals surface area contributed by atoms with Crippen molar-refractivity contribution in [3.8, 4) is 5.75 Å². The molecule has 0 unspecified atom stereocenters. The number of methoxy groups -OCH3 is 1. The molecule has 102 valence electrons. The van der Waals surface area contributed by atoms with Crippen LogP contribution in [0.25, 0.3) is 0 Å². The van der Waals surface area contributed by atoms with Gasteiger partial charge in [-0.25, -0.2) is 0 Å². The average molecular weight is 267 g/mol. The van der Waals surface area contributed by atoms with Gasteiger partial charge in [-0.15, -0.1) is 0 Å². The van der Waals surface area contributed by atoms with Crippen LogP contribution in [0.2, 0.25) is 0 Å². The summed E-state index contributed by atoms with van der Waals surface area (Å²) in [7, 11) is 1.68. The second-order valence-corrected chi connectivity index (χ2v) is 5.38. The Bertz CT molecular complexity index is 623. The van der Waals surface area contributed by atoms with Gasteiger partial charge >= 0.3 is 0 Å². The van der Waals surface area contributed by atoms with Gasteiger partial charge in [0.05, 0.1) is 19.3 Å². The molecule has 1 aliphatic carbocycles. The number of ether oxygens (including phenoxy) is 2. The number of nitrogens with one attached hydrogen (secondary N) is 1. The lowest BCUT2D eigenvalue weighted by Gasteiger charge is -2.14. The van der Waals surface area contributed by atoms with Crippen molar-refractivity contribution >= 4 is 0 Å². The summed E-state index contributed by atoms with van der Waals surface area (Å²) in [6, 6.07) is 17.0. The van der Waals surface area contributed by atoms with E-state index in [0.29, 0.717) is 6.04 Å². The van der Waals surface area contributed by atoms with Gasteiger partial charge < -0.3 is 9.47 Å². The standard InChI is InChI=1S/C17H17NO2/c1-19-13-8-6-11(7-9-13)17-18-16-14-5-3-2-4-12(14)10-15(16)20-17/h2-9,15-18H,10H2,1H3/t15-,16+,17-/m1/s1. The first kappa shape index (κ1) is 11.9. The Kier molecular flexibility index (Phi) is 2.76. The van der Waals surface area contributed by atoms with Crippen LogP contribution in [0.15, 0.2) is 48.5 Å². The molecule has 1 aliphatic heterocycles. The topological polar surface area (TPSA) is 30.5 Å². The Morgan fingerprint density at radius 2 is 1.90 bits per heavy atom. The molecule has 20 heavy (non-hydrogen) atoms. The molecule has 0 radical (unpaired) electrons. The van der Waals surface area contributed by atoms with Gasteiger partial charge in [0.15, 0.2) is 0 Å². The molecular weight excluding hydrogens is 250 g/mol. The van der Waals surface area contributed by atoms with Crippen molar-refractivity contribution in [1.29, 1.82) is 0 Å². The van der Waals surface area contributed by atoms with E-state index in [0.717, 1.165) is 17.7 Å². The van der Waals surface area contributed by atoms with Crippen molar-refractivity contribution in [3.63, 3.8) is 0 Å². The summed E-state index contributed by atoms with van der Waals surface area (Å²) in [5, 5.41) is 3.60. The predicted molar refractivity (Wildman–Crippen MR) is 76.6 cm³/mol. The fourth-order valence-corrected chi connectivity index (χ4v) is 3.21. The molecule has 0 amide bonds. The molecule has 0 bridgehead atoms. The Hall–Kier alpha value is -1.84. The zero-order valence-corrected chi connectivity index (χ0v) is 11.4. The summed E-state index contributed by atoms with van der Waals surface area (Å²) in [6.45, 7) is 0. The van der Waals surface area contributed by atoms with Crippen LogP contribution in [-0.2, 0) is 11.2 Å². The Balaban J connectivity index is 1.57. The van der Waals surface area contributed by atoms with Crippen LogP contribution in [0, 0.1) is 0 Å². The quantitative estimate of drug-likeness (QED) is 0.907. The molecule has 2 aliphatic rings. The second-order valence-electron chi connectivity index (χ2n) is 5.38. The molecule has 0 spiro atoms. The first-order valence-corrected chi connectivity index (χ1v) is 6.98. The fraction of sp³-hybridized carbons (Fsp3) is 0.294. The van der Waals surface area contributed by atoms with Gasteiger partial charge in [0.1, 0.15) is 12.0 Å². The molecule has 1 fully saturated rings. The van der Waals surface area contributed by atoms with Gasteiger partial charge in [0.2, 0.25) is 0 Å². The summed E-state index contributed by atoms with van der Waals surface area (Å²) in [4.78, 5) is 0. The molecule has 3 nitrogen and oxygen atoms in total. The van der Waals surface area contributed by atoms with Crippen LogP contribution in [0.5, 0.6) is 5.75 Å². The maximum atomic E-state index is 6.18. The maximum Gasteiger partial charge on any atom is 0.135 e. The van der Waals surface area contributed by atoms with Crippen LogP contribution in [0.3, 0.4) is 0 Å². The van der Waals surface area contributed by atoms with E-state index in [1.54, 1.807) is 7.11 Å². The van der Waals surface area contributed by atoms with Crippen LogP contribution in [-0.4, -0.2) is 13.2 Å². The third-order valence-corrected chi connectivity index (χ3v) is 4.24. The van der Waals surface area contributed by atoms with Crippen LogP contribution in [0.1, 0.15) is 29.0 Å². The molecule has 2 aromatic rings. The highest BCUT2D eigenvalue weighted by Crippen LogP contribution is 2.41. The average Bonchev–Trinajstić information content (AvgIpc) is 3.05. The van der Waals surface area contributed by atoms with Crippen molar-refractivity contribution in [2.24, 2.45) is 0 Å². The van der Waals surface area contributed by atoms with E-state index in [1.165, 1.54) is 11.1 Å². The van der Waals surface area contributed by atoms with E-state index in [4.69, 9.17) is 9.47 Å². The van der Waals surface area contributed by atoms with Crippen molar-refractivity contribution in [2.75, 3.05) is 7.11 Å². The summed E-state index contributed by atoms with van der Waals surface area (Å²) in [6.07, 6.45) is 1.23. The molecule has 1 saturated heterocycles. The van der Waals surface area contributed by atoms with Crippen LogP contribution in [0.4, 0.5) is 0 Å². The summed E-state index contributed by atoms with van der Waals surface area (Å²) in [5.41, 5.74) is 3.94. The lowest BCUT2D eigenvalue weighted by molar-refractivity contribution is 0.0400. The molecule has 3 heteroatoms. The number of hydrogen-bond donors (Lipinski definition) is 1. The largest absolute Gasteiger partial charge is 0.497 e. The van der Waals surface area contributed by atoms with Crippen molar-refractivity contribution in [2.45, 2.75) is 24.8 Å². The predicted octanol–water partition coefficient (Wildman–Crippen LogP) is 2.98. The molecule has 4 rings (SSSR count). The number of benzene rings is 2. The monoisotopic (exact) mass is 267 g/mol. The van der Waals surface area contributed by atoms with Crippen LogP contribution < -0.4 is 10.1 Å². The minimum atomic E-state index is -0.0238. The Morgan fingerprint density at radius 3 is 2.70 bits per heavy atom. The molecule has 1 heterocycles. The van der Waals surface area contributed by atoms with Gasteiger partial charge in [-0.2, -0.15) is 0 Å². The van der Waals surface area contributed by atoms with Crippen molar-refractivity contribution in [1.82, 2.24) is 5.32 Å². The van der Waals surface area contributed by atoms with E-state index in [-0.39, 0.29) is 12.3 Å². The molecule has 1 N–H and O–H groups in total. The minimum Gasteiger partial charge on any atom is -0.497 e. The Morgan fingerprint density at radius 1 is 1.10 bits per heavy atom. The van der Waals surface area contributed by atoms with Crippen molar-refractivity contribution < 1.29 is 9.47 Å². The molecule has 0 aromatic heterocycles. The van der Waals surface area contributed by atoms with E-state index >= 15 is 0 Å². The smallest absolute Gasteiger partial charge is 0.135 e. The van der Waals surface area contributed by atoms with E-state index in [2.05, 4.69) is 41.7 Å². The summed E-state index contributed by atoms with van der Waals surface area (Å²) < 4.78 is 11.4. The summed E-state index contributed by atoms with van der Waals surface area (Å²) >= 11 is 0. The molecule has 0 saturated carbocycles. The van der Waals surface area contributed by atoms with Gasteiger partial charge in [-0.1, -0.05) is 36.4 Å². The third kappa shape index (κ3) is 1.82. The lowest BCUT2D eigenvalue weighted by atomic mass is 10.1. The van der Waals surface area contributed by atoms with E-state index in [9.17, 15) is 0 Å². The van der Waals surface area contributed by atoms with E-state index in [1.807, 2.05) is 12.1 Å². The van der Waals surface area contributed by atoms with Gasteiger partial charge in [0, 0.05) is 6.42 Å². The molecule has 3 atom stereocenters. The first-order chi connectivity index (χ1) is 9.85. The highest BCUT2D eigenvalue weighted by Gasteiger charge is 2.41. The number of hydrogen-bond acceptors (Lipinski definition) is 3. The molecule has 2 aromatic carbocycles. The van der Waals surface area contributed by atoms with Gasteiger partial charge in [-0.05, 0) is 28.8 Å². The third-order valence-electron chi connectivity index (χ3n) is 4.24. The SMILES string of the molecule is COc1ccc([C@@H]2N[C@H]3c4ccccc4C[C@H]3O2)cc1. The zero-order chi connectivity index (χ0) is 13.5. The van der Waals surface area contributed by atoms with Crippen LogP contribution >= 0.6 is 0 Å². The highest BCUT2D eigenvalue weighted by atomic mass is 16.5. The number of fused-ring (bicyclic) bond motifs is 3. The fourth-order valence-electron chi connectivity index (χ4n) is 3.21. The highest BCUT2D eigenvalue weighted by molar-refractivity contribution is 5.38.